The highest BCUT2D eigenvalue weighted by Crippen LogP contribution is 2.22. The molecule has 0 fully saturated rings. The van der Waals surface area contributed by atoms with Crippen LogP contribution in [-0.4, -0.2) is 11.7 Å². The zero-order valence-electron chi connectivity index (χ0n) is 9.79. The number of ether oxygens (including phenoxy) is 1. The topological polar surface area (TPSA) is 29.5 Å². The number of aliphatic hydroxyl groups excluding tert-OH is 1. The van der Waals surface area contributed by atoms with Crippen LogP contribution in [0.2, 0.25) is 0 Å². The van der Waals surface area contributed by atoms with Crippen LogP contribution in [0.4, 0.5) is 0 Å². The van der Waals surface area contributed by atoms with Gasteiger partial charge in [0.05, 0.1) is 13.2 Å². The Bertz CT molecular complexity index is 305. The van der Waals surface area contributed by atoms with Gasteiger partial charge in [-0.2, -0.15) is 0 Å². The average Bonchev–Trinajstić information content (AvgIpc) is 2.18. The lowest BCUT2D eigenvalue weighted by molar-refractivity contribution is 0.267. The van der Waals surface area contributed by atoms with E-state index >= 15 is 0 Å². The van der Waals surface area contributed by atoms with Gasteiger partial charge in [0.1, 0.15) is 5.75 Å². The van der Waals surface area contributed by atoms with Crippen LogP contribution in [0.1, 0.15) is 31.9 Å². The van der Waals surface area contributed by atoms with Crippen LogP contribution in [0.15, 0.2) is 18.2 Å². The Kier molecular flexibility index (Phi) is 4.63. The zero-order valence-corrected chi connectivity index (χ0v) is 9.79. The van der Waals surface area contributed by atoms with Crippen LogP contribution >= 0.6 is 0 Å². The van der Waals surface area contributed by atoms with E-state index in [0.29, 0.717) is 12.5 Å². The minimum Gasteiger partial charge on any atom is -0.493 e. The number of hydrogen-bond donors (Lipinski definition) is 1. The predicted molar refractivity (Wildman–Crippen MR) is 62.1 cm³/mol. The summed E-state index contributed by atoms with van der Waals surface area (Å²) in [6.45, 7) is 7.02. The zero-order chi connectivity index (χ0) is 11.3. The molecule has 1 aromatic rings. The lowest BCUT2D eigenvalue weighted by atomic mass is 10.0. The Labute approximate surface area is 91.9 Å². The van der Waals surface area contributed by atoms with Crippen LogP contribution in [-0.2, 0) is 13.0 Å². The molecule has 2 heteroatoms. The second kappa shape index (κ2) is 5.76. The Balaban J connectivity index is 2.88. The van der Waals surface area contributed by atoms with Crippen molar-refractivity contribution in [3.8, 4) is 5.75 Å². The van der Waals surface area contributed by atoms with E-state index in [-0.39, 0.29) is 6.61 Å². The summed E-state index contributed by atoms with van der Waals surface area (Å²) in [5.41, 5.74) is 2.13. The summed E-state index contributed by atoms with van der Waals surface area (Å²) in [6.07, 6.45) is 1.05. The summed E-state index contributed by atoms with van der Waals surface area (Å²) in [6, 6.07) is 6.05. The summed E-state index contributed by atoms with van der Waals surface area (Å²) in [5.74, 6) is 1.46. The average molecular weight is 208 g/mol. The van der Waals surface area contributed by atoms with Gasteiger partial charge in [-0.3, -0.25) is 0 Å². The molecule has 0 aliphatic heterocycles. The van der Waals surface area contributed by atoms with Gasteiger partial charge in [0.2, 0.25) is 0 Å². The van der Waals surface area contributed by atoms with Gasteiger partial charge in [-0.05, 0) is 30.9 Å². The van der Waals surface area contributed by atoms with Crippen LogP contribution in [0, 0.1) is 5.92 Å². The van der Waals surface area contributed by atoms with Crippen LogP contribution in [0.25, 0.3) is 0 Å². The first-order valence-electron chi connectivity index (χ1n) is 5.52. The van der Waals surface area contributed by atoms with Crippen LogP contribution in [0.5, 0.6) is 5.75 Å². The Morgan fingerprint density at radius 2 is 2.07 bits per heavy atom. The van der Waals surface area contributed by atoms with Crippen molar-refractivity contribution in [3.63, 3.8) is 0 Å². The quantitative estimate of drug-likeness (QED) is 0.806. The van der Waals surface area contributed by atoms with E-state index in [1.807, 2.05) is 19.1 Å². The highest BCUT2D eigenvalue weighted by Gasteiger charge is 2.05. The molecule has 0 heterocycles. The monoisotopic (exact) mass is 208 g/mol. The Morgan fingerprint density at radius 1 is 1.33 bits per heavy atom. The molecule has 0 saturated heterocycles. The molecule has 1 aromatic carbocycles. The van der Waals surface area contributed by atoms with Gasteiger partial charge in [-0.15, -0.1) is 0 Å². The molecular formula is C13H20O2. The van der Waals surface area contributed by atoms with Gasteiger partial charge in [0.25, 0.3) is 0 Å². The van der Waals surface area contributed by atoms with E-state index in [1.54, 1.807) is 0 Å². The third-order valence-electron chi connectivity index (χ3n) is 2.25. The van der Waals surface area contributed by atoms with E-state index in [2.05, 4.69) is 19.9 Å². The molecule has 2 nitrogen and oxygen atoms in total. The SMILES string of the molecule is CCOc1cc(CC(C)C)ccc1CO. The van der Waals surface area contributed by atoms with Crippen molar-refractivity contribution in [2.24, 2.45) is 5.92 Å². The van der Waals surface area contributed by atoms with Crippen molar-refractivity contribution < 1.29 is 9.84 Å². The minimum absolute atomic E-state index is 0.0390. The highest BCUT2D eigenvalue weighted by atomic mass is 16.5. The predicted octanol–water partition coefficient (Wildman–Crippen LogP) is 2.78. The first kappa shape index (κ1) is 12.1. The van der Waals surface area contributed by atoms with Gasteiger partial charge in [-0.25, -0.2) is 0 Å². The molecule has 0 radical (unpaired) electrons. The molecule has 0 bridgehead atoms. The van der Waals surface area contributed by atoms with Gasteiger partial charge in [0, 0.05) is 5.56 Å². The molecule has 0 atom stereocenters. The molecule has 0 aliphatic rings. The normalized spacial score (nSPS) is 10.7. The standard InChI is InChI=1S/C13H20O2/c1-4-15-13-8-11(7-10(2)3)5-6-12(13)9-14/h5-6,8,10,14H,4,7,9H2,1-3H3. The fourth-order valence-electron chi connectivity index (χ4n) is 1.62. The maximum atomic E-state index is 9.14. The molecule has 0 amide bonds. The molecule has 0 spiro atoms. The third-order valence-corrected chi connectivity index (χ3v) is 2.25. The summed E-state index contributed by atoms with van der Waals surface area (Å²) in [7, 11) is 0. The van der Waals surface area contributed by atoms with E-state index in [1.165, 1.54) is 5.56 Å². The fourth-order valence-corrected chi connectivity index (χ4v) is 1.62. The lowest BCUT2D eigenvalue weighted by Gasteiger charge is -2.11. The number of benzene rings is 1. The fraction of sp³-hybridized carbons (Fsp3) is 0.538. The van der Waals surface area contributed by atoms with E-state index < -0.39 is 0 Å². The highest BCUT2D eigenvalue weighted by molar-refractivity contribution is 5.37. The summed E-state index contributed by atoms with van der Waals surface area (Å²) in [4.78, 5) is 0. The molecule has 0 unspecified atom stereocenters. The van der Waals surface area contributed by atoms with Gasteiger partial charge >= 0.3 is 0 Å². The number of aliphatic hydroxyl groups is 1. The van der Waals surface area contributed by atoms with Crippen LogP contribution < -0.4 is 4.74 Å². The largest absolute Gasteiger partial charge is 0.493 e. The number of rotatable bonds is 5. The summed E-state index contributed by atoms with van der Waals surface area (Å²) >= 11 is 0. The second-order valence-corrected chi connectivity index (χ2v) is 4.13. The molecule has 15 heavy (non-hydrogen) atoms. The van der Waals surface area contributed by atoms with Crippen molar-refractivity contribution in [2.45, 2.75) is 33.8 Å². The third kappa shape index (κ3) is 3.56. The Morgan fingerprint density at radius 3 is 2.60 bits per heavy atom. The van der Waals surface area contributed by atoms with Crippen molar-refractivity contribution in [1.29, 1.82) is 0 Å². The molecule has 1 rings (SSSR count). The lowest BCUT2D eigenvalue weighted by Crippen LogP contribution is -2.00. The van der Waals surface area contributed by atoms with E-state index in [9.17, 15) is 0 Å². The molecule has 0 saturated carbocycles. The smallest absolute Gasteiger partial charge is 0.125 e. The first-order valence-corrected chi connectivity index (χ1v) is 5.52. The molecular weight excluding hydrogens is 188 g/mol. The van der Waals surface area contributed by atoms with Crippen LogP contribution in [0.3, 0.4) is 0 Å². The second-order valence-electron chi connectivity index (χ2n) is 4.13. The molecule has 1 N–H and O–H groups in total. The van der Waals surface area contributed by atoms with Gasteiger partial charge in [0.15, 0.2) is 0 Å². The van der Waals surface area contributed by atoms with Gasteiger partial charge in [-0.1, -0.05) is 26.0 Å². The molecule has 0 aromatic heterocycles. The minimum atomic E-state index is 0.0390. The molecule has 0 aliphatic carbocycles. The van der Waals surface area contributed by atoms with Crippen molar-refractivity contribution in [3.05, 3.63) is 29.3 Å². The van der Waals surface area contributed by atoms with E-state index in [0.717, 1.165) is 17.7 Å². The molecule has 84 valence electrons. The Hall–Kier alpha value is -1.02. The summed E-state index contributed by atoms with van der Waals surface area (Å²) < 4.78 is 5.49. The maximum Gasteiger partial charge on any atom is 0.125 e. The number of hydrogen-bond acceptors (Lipinski definition) is 2. The van der Waals surface area contributed by atoms with Gasteiger partial charge < -0.3 is 9.84 Å². The van der Waals surface area contributed by atoms with Crippen molar-refractivity contribution >= 4 is 0 Å². The first-order chi connectivity index (χ1) is 7.17. The van der Waals surface area contributed by atoms with Crippen molar-refractivity contribution in [1.82, 2.24) is 0 Å². The van der Waals surface area contributed by atoms with Crippen molar-refractivity contribution in [2.75, 3.05) is 6.61 Å². The summed E-state index contributed by atoms with van der Waals surface area (Å²) in [5, 5.41) is 9.14. The van der Waals surface area contributed by atoms with E-state index in [4.69, 9.17) is 9.84 Å². The maximum absolute atomic E-state index is 9.14.